The normalized spacial score (nSPS) is 25.0. The number of para-hydroxylation sites is 1. The summed E-state index contributed by atoms with van der Waals surface area (Å²) in [6.07, 6.45) is 2.33. The number of carbonyl (C=O) groups is 4. The van der Waals surface area contributed by atoms with E-state index in [1.54, 1.807) is 42.5 Å². The summed E-state index contributed by atoms with van der Waals surface area (Å²) in [5, 5.41) is 10.5. The van der Waals surface area contributed by atoms with E-state index < -0.39 is 29.3 Å². The molecule has 4 unspecified atom stereocenters. The maximum absolute atomic E-state index is 14.2. The summed E-state index contributed by atoms with van der Waals surface area (Å²) < 4.78 is 0. The highest BCUT2D eigenvalue weighted by molar-refractivity contribution is 6.31. The van der Waals surface area contributed by atoms with Crippen LogP contribution in [-0.4, -0.2) is 34.7 Å². The number of nitrogens with one attached hydrogen (secondary N) is 4. The molecule has 40 heavy (non-hydrogen) atoms. The highest BCUT2D eigenvalue weighted by Gasteiger charge is 2.70. The zero-order valence-electron chi connectivity index (χ0n) is 21.3. The Labute approximate surface area is 233 Å². The van der Waals surface area contributed by atoms with Crippen molar-refractivity contribution in [1.82, 2.24) is 10.3 Å². The van der Waals surface area contributed by atoms with Crippen molar-refractivity contribution < 1.29 is 19.2 Å². The predicted molar refractivity (Wildman–Crippen MR) is 151 cm³/mol. The Hall–Kier alpha value is -4.47. The summed E-state index contributed by atoms with van der Waals surface area (Å²) >= 11 is 6.37. The Morgan fingerprint density at radius 1 is 1.02 bits per heavy atom. The van der Waals surface area contributed by atoms with Crippen LogP contribution in [0.4, 0.5) is 17.1 Å². The van der Waals surface area contributed by atoms with E-state index in [-0.39, 0.29) is 17.7 Å². The fraction of sp³-hybridized carbons (Fsp3) is 0.200. The van der Waals surface area contributed by atoms with Gasteiger partial charge in [-0.25, -0.2) is 4.90 Å². The smallest absolute Gasteiger partial charge is 0.250 e. The van der Waals surface area contributed by atoms with E-state index in [9.17, 15) is 19.2 Å². The predicted octanol–water partition coefficient (Wildman–Crippen LogP) is 3.95. The van der Waals surface area contributed by atoms with Gasteiger partial charge in [-0.3, -0.25) is 24.5 Å². The maximum Gasteiger partial charge on any atom is 0.250 e. The second-order valence-corrected chi connectivity index (χ2v) is 10.9. The number of amides is 4. The van der Waals surface area contributed by atoms with Crippen LogP contribution in [0.2, 0.25) is 5.02 Å². The molecule has 4 aromatic rings. The van der Waals surface area contributed by atoms with Gasteiger partial charge in [0.1, 0.15) is 5.54 Å². The van der Waals surface area contributed by atoms with Crippen LogP contribution in [0, 0.1) is 11.8 Å². The summed E-state index contributed by atoms with van der Waals surface area (Å²) in [5.41, 5.74) is 2.53. The Morgan fingerprint density at radius 2 is 1.80 bits per heavy atom. The lowest BCUT2D eigenvalue weighted by atomic mass is 9.76. The van der Waals surface area contributed by atoms with Gasteiger partial charge < -0.3 is 15.6 Å². The fourth-order valence-corrected chi connectivity index (χ4v) is 6.81. The molecule has 9 nitrogen and oxygen atoms in total. The number of benzene rings is 3. The van der Waals surface area contributed by atoms with Crippen LogP contribution < -0.4 is 20.9 Å². The van der Waals surface area contributed by atoms with Gasteiger partial charge in [0.2, 0.25) is 23.6 Å². The Bertz CT molecular complexity index is 1750. The molecule has 0 saturated carbocycles. The number of carbonyl (C=O) groups excluding carboxylic acids is 4. The molecule has 4 N–H and O–H groups in total. The summed E-state index contributed by atoms with van der Waals surface area (Å²) in [5.74, 6) is -3.23. The molecular weight excluding hydrogens is 530 g/mol. The number of halogens is 1. The third kappa shape index (κ3) is 3.44. The molecule has 0 bridgehead atoms. The molecule has 0 aliphatic carbocycles. The van der Waals surface area contributed by atoms with Gasteiger partial charge in [0.15, 0.2) is 0 Å². The number of aromatic amines is 1. The van der Waals surface area contributed by atoms with Crippen LogP contribution in [0.5, 0.6) is 0 Å². The monoisotopic (exact) mass is 553 g/mol. The summed E-state index contributed by atoms with van der Waals surface area (Å²) in [7, 11) is 0. The molecule has 1 spiro atoms. The van der Waals surface area contributed by atoms with Crippen LogP contribution in [0.3, 0.4) is 0 Å². The first kappa shape index (κ1) is 24.6. The SMILES string of the molecule is CC(=O)Nc1ccc(N2C(=O)C3C(Cc4c[nH]c5ccccc45)NC4(C(=O)Nc5ccc(Cl)cc54)C3C2=O)cc1. The van der Waals surface area contributed by atoms with E-state index in [0.717, 1.165) is 16.5 Å². The Balaban J connectivity index is 1.34. The van der Waals surface area contributed by atoms with E-state index in [4.69, 9.17) is 11.6 Å². The van der Waals surface area contributed by atoms with E-state index in [1.165, 1.54) is 11.8 Å². The highest BCUT2D eigenvalue weighted by Crippen LogP contribution is 2.54. The van der Waals surface area contributed by atoms with E-state index in [1.807, 2.05) is 30.5 Å². The molecule has 4 amide bonds. The molecule has 10 heteroatoms. The Morgan fingerprint density at radius 3 is 2.58 bits per heavy atom. The average molecular weight is 554 g/mol. The number of rotatable bonds is 4. The number of hydrogen-bond acceptors (Lipinski definition) is 5. The number of imide groups is 1. The van der Waals surface area contributed by atoms with E-state index in [2.05, 4.69) is 20.9 Å². The minimum absolute atomic E-state index is 0.228. The van der Waals surface area contributed by atoms with Crippen molar-refractivity contribution in [3.63, 3.8) is 0 Å². The third-order valence-electron chi connectivity index (χ3n) is 8.24. The fourth-order valence-electron chi connectivity index (χ4n) is 6.64. The lowest BCUT2D eigenvalue weighted by molar-refractivity contribution is -0.130. The first-order valence-electron chi connectivity index (χ1n) is 13.0. The van der Waals surface area contributed by atoms with Crippen molar-refractivity contribution in [2.75, 3.05) is 15.5 Å². The summed E-state index contributed by atoms with van der Waals surface area (Å²) in [6, 6.07) is 19.0. The van der Waals surface area contributed by atoms with Gasteiger partial charge in [-0.1, -0.05) is 29.8 Å². The lowest BCUT2D eigenvalue weighted by Gasteiger charge is -2.29. The minimum Gasteiger partial charge on any atom is -0.361 e. The van der Waals surface area contributed by atoms with Gasteiger partial charge in [0.05, 0.1) is 17.5 Å². The molecule has 2 saturated heterocycles. The number of nitrogens with zero attached hydrogens (tertiary/aromatic N) is 1. The quantitative estimate of drug-likeness (QED) is 0.285. The number of anilines is 3. The average Bonchev–Trinajstić information content (AvgIpc) is 3.64. The highest BCUT2D eigenvalue weighted by atomic mass is 35.5. The van der Waals surface area contributed by atoms with Crippen LogP contribution >= 0.6 is 11.6 Å². The first-order valence-corrected chi connectivity index (χ1v) is 13.4. The molecule has 3 aliphatic rings. The van der Waals surface area contributed by atoms with E-state index in [0.29, 0.717) is 34.1 Å². The molecule has 0 radical (unpaired) electrons. The van der Waals surface area contributed by atoms with Crippen molar-refractivity contribution in [2.45, 2.75) is 24.9 Å². The number of fused-ring (bicyclic) bond motifs is 5. The van der Waals surface area contributed by atoms with Crippen LogP contribution in [0.25, 0.3) is 10.9 Å². The van der Waals surface area contributed by atoms with Crippen molar-refractivity contribution in [2.24, 2.45) is 11.8 Å². The second kappa shape index (κ2) is 8.77. The largest absolute Gasteiger partial charge is 0.361 e. The first-order chi connectivity index (χ1) is 19.3. The lowest BCUT2D eigenvalue weighted by Crippen LogP contribution is -2.53. The van der Waals surface area contributed by atoms with Crippen molar-refractivity contribution in [1.29, 1.82) is 0 Å². The molecule has 200 valence electrons. The van der Waals surface area contributed by atoms with Crippen LogP contribution in [0.1, 0.15) is 18.1 Å². The minimum atomic E-state index is -1.46. The molecule has 3 aliphatic heterocycles. The number of hydrogen-bond donors (Lipinski definition) is 4. The molecular formula is C30H24ClN5O4. The van der Waals surface area contributed by atoms with Gasteiger partial charge in [-0.2, -0.15) is 0 Å². The summed E-state index contributed by atoms with van der Waals surface area (Å²) in [4.78, 5) is 58.0. The van der Waals surface area contributed by atoms with Gasteiger partial charge in [0, 0.05) is 52.0 Å². The zero-order chi connectivity index (χ0) is 27.8. The number of H-pyrrole nitrogens is 1. The zero-order valence-corrected chi connectivity index (χ0v) is 22.1. The van der Waals surface area contributed by atoms with Crippen molar-refractivity contribution in [3.05, 3.63) is 89.1 Å². The van der Waals surface area contributed by atoms with Gasteiger partial charge in [-0.05, 0) is 60.5 Å². The molecule has 7 rings (SSSR count). The van der Waals surface area contributed by atoms with Gasteiger partial charge in [0.25, 0.3) is 0 Å². The summed E-state index contributed by atoms with van der Waals surface area (Å²) in [6.45, 7) is 1.40. The number of aromatic nitrogens is 1. The molecule has 4 heterocycles. The molecule has 2 fully saturated rings. The van der Waals surface area contributed by atoms with Crippen molar-refractivity contribution in [3.8, 4) is 0 Å². The van der Waals surface area contributed by atoms with Gasteiger partial charge >= 0.3 is 0 Å². The van der Waals surface area contributed by atoms with Crippen LogP contribution in [-0.2, 0) is 31.1 Å². The molecule has 1 aromatic heterocycles. The molecule has 3 aromatic carbocycles. The molecule has 4 atom stereocenters. The van der Waals surface area contributed by atoms with Crippen molar-refractivity contribution >= 4 is 63.2 Å². The third-order valence-corrected chi connectivity index (χ3v) is 8.47. The second-order valence-electron chi connectivity index (χ2n) is 10.5. The van der Waals surface area contributed by atoms with Gasteiger partial charge in [-0.15, -0.1) is 0 Å². The van der Waals surface area contributed by atoms with E-state index >= 15 is 0 Å². The van der Waals surface area contributed by atoms with Crippen LogP contribution in [0.15, 0.2) is 72.9 Å². The maximum atomic E-state index is 14.2. The Kier molecular flexibility index (Phi) is 5.39. The standard InChI is InChI=1S/C30H24ClN5O4/c1-15(37)33-18-7-9-19(10-8-18)36-27(38)25-24(12-16-14-32-22-5-3-2-4-20(16)22)35-30(26(25)28(36)39)21-13-17(31)6-11-23(21)34-29(30)40/h2-11,13-14,24-26,32,35H,12H2,1H3,(H,33,37)(H,34,40). The topological polar surface area (TPSA) is 123 Å².